The molecule has 1 rings (SSSR count). The van der Waals surface area contributed by atoms with E-state index in [9.17, 15) is 0 Å². The molecule has 0 aromatic carbocycles. The molecule has 1 atom stereocenters. The van der Waals surface area contributed by atoms with Crippen LogP contribution in [0, 0.1) is 5.92 Å². The second-order valence-corrected chi connectivity index (χ2v) is 3.60. The number of rotatable bonds is 4. The normalized spacial score (nSPS) is 12.8. The second kappa shape index (κ2) is 4.85. The van der Waals surface area contributed by atoms with Gasteiger partial charge in [-0.1, -0.05) is 26.3 Å². The van der Waals surface area contributed by atoms with Gasteiger partial charge < -0.3 is 5.73 Å². The standard InChI is InChI=1S/C11H18N2/c1-3-9(2)6-7-10-5-4-8-13-11(10)12/h4-5,8-9H,3,6-7H2,1-2H3,(H2,12,13). The number of pyridine rings is 1. The van der Waals surface area contributed by atoms with E-state index in [1.165, 1.54) is 18.4 Å². The van der Waals surface area contributed by atoms with Gasteiger partial charge in [-0.05, 0) is 30.4 Å². The molecule has 1 aromatic heterocycles. The molecule has 0 saturated heterocycles. The Balaban J connectivity index is 2.50. The fourth-order valence-electron chi connectivity index (χ4n) is 1.27. The van der Waals surface area contributed by atoms with Crippen LogP contribution in [0.25, 0.3) is 0 Å². The van der Waals surface area contributed by atoms with Crippen LogP contribution >= 0.6 is 0 Å². The smallest absolute Gasteiger partial charge is 0.126 e. The molecule has 0 bridgehead atoms. The number of anilines is 1. The van der Waals surface area contributed by atoms with Crippen LogP contribution in [0.1, 0.15) is 32.3 Å². The average molecular weight is 178 g/mol. The molecule has 0 aliphatic rings. The predicted octanol–water partition coefficient (Wildman–Crippen LogP) is 2.64. The summed E-state index contributed by atoms with van der Waals surface area (Å²) >= 11 is 0. The molecule has 0 amide bonds. The summed E-state index contributed by atoms with van der Waals surface area (Å²) in [5, 5.41) is 0. The van der Waals surface area contributed by atoms with Crippen molar-refractivity contribution in [2.45, 2.75) is 33.1 Å². The van der Waals surface area contributed by atoms with Crippen LogP contribution < -0.4 is 5.73 Å². The summed E-state index contributed by atoms with van der Waals surface area (Å²) in [6.07, 6.45) is 5.23. The van der Waals surface area contributed by atoms with Gasteiger partial charge in [0, 0.05) is 6.20 Å². The highest BCUT2D eigenvalue weighted by Crippen LogP contribution is 2.15. The van der Waals surface area contributed by atoms with E-state index in [1.807, 2.05) is 6.07 Å². The lowest BCUT2D eigenvalue weighted by atomic mass is 9.99. The Morgan fingerprint density at radius 2 is 2.31 bits per heavy atom. The van der Waals surface area contributed by atoms with Gasteiger partial charge in [0.05, 0.1) is 0 Å². The van der Waals surface area contributed by atoms with Gasteiger partial charge in [-0.3, -0.25) is 0 Å². The summed E-state index contributed by atoms with van der Waals surface area (Å²) < 4.78 is 0. The lowest BCUT2D eigenvalue weighted by molar-refractivity contribution is 0.516. The van der Waals surface area contributed by atoms with Crippen molar-refractivity contribution in [2.75, 3.05) is 5.73 Å². The number of hydrogen-bond donors (Lipinski definition) is 1. The Bertz CT molecular complexity index is 258. The number of aromatic nitrogens is 1. The first-order valence-electron chi connectivity index (χ1n) is 4.93. The zero-order chi connectivity index (χ0) is 9.68. The Labute approximate surface area is 80.2 Å². The van der Waals surface area contributed by atoms with Crippen molar-refractivity contribution in [3.05, 3.63) is 23.9 Å². The van der Waals surface area contributed by atoms with Gasteiger partial charge in [0.1, 0.15) is 5.82 Å². The van der Waals surface area contributed by atoms with E-state index < -0.39 is 0 Å². The third kappa shape index (κ3) is 3.05. The minimum absolute atomic E-state index is 0.686. The maximum absolute atomic E-state index is 5.74. The minimum atomic E-state index is 0.686. The van der Waals surface area contributed by atoms with Crippen LogP contribution in [0.15, 0.2) is 18.3 Å². The molecular formula is C11H18N2. The molecule has 13 heavy (non-hydrogen) atoms. The van der Waals surface area contributed by atoms with Crippen molar-refractivity contribution in [1.29, 1.82) is 0 Å². The molecule has 1 unspecified atom stereocenters. The molecule has 0 fully saturated rings. The Morgan fingerprint density at radius 3 is 2.92 bits per heavy atom. The first-order valence-corrected chi connectivity index (χ1v) is 4.93. The summed E-state index contributed by atoms with van der Waals surface area (Å²) in [7, 11) is 0. The summed E-state index contributed by atoms with van der Waals surface area (Å²) in [6, 6.07) is 4.01. The van der Waals surface area contributed by atoms with E-state index in [0.717, 1.165) is 12.3 Å². The fraction of sp³-hybridized carbons (Fsp3) is 0.545. The number of hydrogen-bond acceptors (Lipinski definition) is 2. The van der Waals surface area contributed by atoms with Crippen molar-refractivity contribution in [3.63, 3.8) is 0 Å². The highest BCUT2D eigenvalue weighted by molar-refractivity contribution is 5.38. The SMILES string of the molecule is CCC(C)CCc1cccnc1N. The third-order valence-corrected chi connectivity index (χ3v) is 2.53. The molecule has 1 heterocycles. The van der Waals surface area contributed by atoms with E-state index in [2.05, 4.69) is 24.9 Å². The molecule has 0 saturated carbocycles. The molecular weight excluding hydrogens is 160 g/mol. The molecule has 0 aliphatic heterocycles. The van der Waals surface area contributed by atoms with Crippen LogP contribution in [0.2, 0.25) is 0 Å². The largest absolute Gasteiger partial charge is 0.383 e. The maximum Gasteiger partial charge on any atom is 0.126 e. The number of nitrogens with two attached hydrogens (primary N) is 1. The lowest BCUT2D eigenvalue weighted by Gasteiger charge is -2.08. The fourth-order valence-corrected chi connectivity index (χ4v) is 1.27. The molecule has 1 aromatic rings. The van der Waals surface area contributed by atoms with Gasteiger partial charge in [-0.2, -0.15) is 0 Å². The van der Waals surface area contributed by atoms with Gasteiger partial charge in [-0.15, -0.1) is 0 Å². The molecule has 0 aliphatic carbocycles. The van der Waals surface area contributed by atoms with Crippen LogP contribution in [0.5, 0.6) is 0 Å². The quantitative estimate of drug-likeness (QED) is 0.769. The van der Waals surface area contributed by atoms with Crippen LogP contribution in [0.3, 0.4) is 0 Å². The number of nitrogens with zero attached hydrogens (tertiary/aromatic N) is 1. The third-order valence-electron chi connectivity index (χ3n) is 2.53. The molecule has 2 heteroatoms. The lowest BCUT2D eigenvalue weighted by Crippen LogP contribution is -2.00. The average Bonchev–Trinajstić information content (AvgIpc) is 2.16. The van der Waals surface area contributed by atoms with E-state index in [0.29, 0.717) is 5.82 Å². The van der Waals surface area contributed by atoms with Gasteiger partial charge in [0.15, 0.2) is 0 Å². The van der Waals surface area contributed by atoms with E-state index >= 15 is 0 Å². The highest BCUT2D eigenvalue weighted by Gasteiger charge is 2.02. The first-order chi connectivity index (χ1) is 6.24. The Hall–Kier alpha value is -1.05. The second-order valence-electron chi connectivity index (χ2n) is 3.60. The Kier molecular flexibility index (Phi) is 3.74. The van der Waals surface area contributed by atoms with Gasteiger partial charge >= 0.3 is 0 Å². The molecule has 0 radical (unpaired) electrons. The van der Waals surface area contributed by atoms with Crippen molar-refractivity contribution in [2.24, 2.45) is 5.92 Å². The van der Waals surface area contributed by atoms with Crippen LogP contribution in [-0.2, 0) is 6.42 Å². The van der Waals surface area contributed by atoms with Gasteiger partial charge in [-0.25, -0.2) is 4.98 Å². The van der Waals surface area contributed by atoms with Crippen LogP contribution in [0.4, 0.5) is 5.82 Å². The highest BCUT2D eigenvalue weighted by atomic mass is 14.8. The molecule has 2 N–H and O–H groups in total. The van der Waals surface area contributed by atoms with Crippen molar-refractivity contribution in [3.8, 4) is 0 Å². The van der Waals surface area contributed by atoms with E-state index in [4.69, 9.17) is 5.73 Å². The summed E-state index contributed by atoms with van der Waals surface area (Å²) in [4.78, 5) is 4.06. The van der Waals surface area contributed by atoms with Crippen molar-refractivity contribution < 1.29 is 0 Å². The zero-order valence-corrected chi connectivity index (χ0v) is 8.46. The van der Waals surface area contributed by atoms with E-state index in [1.54, 1.807) is 6.20 Å². The molecule has 2 nitrogen and oxygen atoms in total. The van der Waals surface area contributed by atoms with Gasteiger partial charge in [0.2, 0.25) is 0 Å². The van der Waals surface area contributed by atoms with Crippen molar-refractivity contribution in [1.82, 2.24) is 4.98 Å². The molecule has 72 valence electrons. The number of nitrogen functional groups attached to an aromatic ring is 1. The Morgan fingerprint density at radius 1 is 1.54 bits per heavy atom. The van der Waals surface area contributed by atoms with Gasteiger partial charge in [0.25, 0.3) is 0 Å². The predicted molar refractivity (Wildman–Crippen MR) is 56.4 cm³/mol. The summed E-state index contributed by atoms with van der Waals surface area (Å²) in [5.41, 5.74) is 6.92. The number of aryl methyl sites for hydroxylation is 1. The molecule has 0 spiro atoms. The van der Waals surface area contributed by atoms with Crippen molar-refractivity contribution >= 4 is 5.82 Å². The zero-order valence-electron chi connectivity index (χ0n) is 8.46. The summed E-state index contributed by atoms with van der Waals surface area (Å²) in [6.45, 7) is 4.49. The summed E-state index contributed by atoms with van der Waals surface area (Å²) in [5.74, 6) is 1.46. The van der Waals surface area contributed by atoms with Crippen LogP contribution in [-0.4, -0.2) is 4.98 Å². The maximum atomic E-state index is 5.74. The topological polar surface area (TPSA) is 38.9 Å². The van der Waals surface area contributed by atoms with E-state index in [-0.39, 0.29) is 0 Å². The first kappa shape index (κ1) is 10.0. The monoisotopic (exact) mass is 178 g/mol. The minimum Gasteiger partial charge on any atom is -0.383 e.